The summed E-state index contributed by atoms with van der Waals surface area (Å²) < 4.78 is 23.5. The van der Waals surface area contributed by atoms with Crippen LogP contribution in [0.2, 0.25) is 0 Å². The lowest BCUT2D eigenvalue weighted by atomic mass is 10.2. The van der Waals surface area contributed by atoms with Crippen LogP contribution in [0.15, 0.2) is 35.2 Å². The second-order valence-corrected chi connectivity index (χ2v) is 5.92. The van der Waals surface area contributed by atoms with Gasteiger partial charge in [-0.2, -0.15) is 0 Å². The summed E-state index contributed by atoms with van der Waals surface area (Å²) in [6.07, 6.45) is 0.719. The van der Waals surface area contributed by atoms with Crippen LogP contribution in [0, 0.1) is 5.92 Å². The minimum Gasteiger partial charge on any atom is -0.224 e. The van der Waals surface area contributed by atoms with E-state index in [2.05, 4.69) is 0 Å². The van der Waals surface area contributed by atoms with Crippen LogP contribution in [0.3, 0.4) is 0 Å². The largest absolute Gasteiger partial charge is 0.224 e. The van der Waals surface area contributed by atoms with Crippen molar-refractivity contribution < 1.29 is 8.42 Å². The predicted octanol–water partition coefficient (Wildman–Crippen LogP) is 3.53. The number of hydrogen-bond donors (Lipinski definition) is 0. The summed E-state index contributed by atoms with van der Waals surface area (Å²) in [6.45, 7) is 8.06. The van der Waals surface area contributed by atoms with Crippen molar-refractivity contribution in [3.05, 3.63) is 30.3 Å². The molecule has 0 N–H and O–H groups in total. The lowest BCUT2D eigenvalue weighted by molar-refractivity contribution is 0.573. The molecule has 0 fully saturated rings. The van der Waals surface area contributed by atoms with Gasteiger partial charge in [0.1, 0.15) is 0 Å². The monoisotopic (exact) mass is 242 g/mol. The molecule has 0 amide bonds. The maximum Gasteiger partial charge on any atom is 0.178 e. The van der Waals surface area contributed by atoms with Crippen molar-refractivity contribution in [3.8, 4) is 0 Å². The van der Waals surface area contributed by atoms with Gasteiger partial charge in [-0.1, -0.05) is 45.9 Å². The van der Waals surface area contributed by atoms with Gasteiger partial charge in [-0.05, 0) is 24.5 Å². The summed E-state index contributed by atoms with van der Waals surface area (Å²) in [5, 5.41) is 0. The Kier molecular flexibility index (Phi) is 7.06. The minimum atomic E-state index is -3.06. The first-order valence-corrected chi connectivity index (χ1v) is 7.45. The number of rotatable bonds is 4. The molecule has 92 valence electrons. The zero-order valence-electron chi connectivity index (χ0n) is 10.6. The average molecular weight is 242 g/mol. The van der Waals surface area contributed by atoms with Gasteiger partial charge in [0, 0.05) is 0 Å². The van der Waals surface area contributed by atoms with E-state index in [0.717, 1.165) is 6.42 Å². The van der Waals surface area contributed by atoms with Crippen molar-refractivity contribution in [3.63, 3.8) is 0 Å². The van der Waals surface area contributed by atoms with Crippen LogP contribution >= 0.6 is 0 Å². The Morgan fingerprint density at radius 3 is 2.00 bits per heavy atom. The first-order chi connectivity index (χ1) is 7.52. The third-order valence-electron chi connectivity index (χ3n) is 2.07. The summed E-state index contributed by atoms with van der Waals surface area (Å²) in [5.41, 5.74) is 0. The van der Waals surface area contributed by atoms with Crippen molar-refractivity contribution in [2.24, 2.45) is 5.92 Å². The molecular weight excluding hydrogens is 220 g/mol. The van der Waals surface area contributed by atoms with E-state index in [9.17, 15) is 8.42 Å². The standard InChI is InChI=1S/C11H16O2S.C2H6/c1-10(2)8-9-14(12,13)11-6-4-3-5-7-11;1-2/h3-7,10H,8-9H2,1-2H3;1-2H3. The number of benzene rings is 1. The average Bonchev–Trinajstić information content (AvgIpc) is 2.30. The Morgan fingerprint density at radius 1 is 1.06 bits per heavy atom. The van der Waals surface area contributed by atoms with E-state index in [-0.39, 0.29) is 5.75 Å². The Hall–Kier alpha value is -0.830. The van der Waals surface area contributed by atoms with E-state index in [0.29, 0.717) is 10.8 Å². The molecule has 0 aliphatic carbocycles. The van der Waals surface area contributed by atoms with E-state index >= 15 is 0 Å². The second kappa shape index (κ2) is 7.44. The van der Waals surface area contributed by atoms with Crippen molar-refractivity contribution in [1.29, 1.82) is 0 Å². The van der Waals surface area contributed by atoms with Gasteiger partial charge in [0.25, 0.3) is 0 Å². The van der Waals surface area contributed by atoms with Crippen LogP contribution in [0.4, 0.5) is 0 Å². The fraction of sp³-hybridized carbons (Fsp3) is 0.538. The Balaban J connectivity index is 0.00000106. The summed E-state index contributed by atoms with van der Waals surface area (Å²) in [5.74, 6) is 0.669. The SMILES string of the molecule is CC.CC(C)CCS(=O)(=O)c1ccccc1. The minimum absolute atomic E-state index is 0.245. The van der Waals surface area contributed by atoms with Crippen molar-refractivity contribution in [1.82, 2.24) is 0 Å². The van der Waals surface area contributed by atoms with Gasteiger partial charge >= 0.3 is 0 Å². The predicted molar refractivity (Wildman–Crippen MR) is 69.3 cm³/mol. The highest BCUT2D eigenvalue weighted by Gasteiger charge is 2.13. The molecule has 0 saturated carbocycles. The van der Waals surface area contributed by atoms with Gasteiger partial charge in [-0.15, -0.1) is 0 Å². The van der Waals surface area contributed by atoms with Gasteiger partial charge in [-0.3, -0.25) is 0 Å². The molecule has 1 aromatic rings. The van der Waals surface area contributed by atoms with E-state index in [1.165, 1.54) is 0 Å². The maximum atomic E-state index is 11.7. The molecule has 0 bridgehead atoms. The molecule has 2 nitrogen and oxygen atoms in total. The molecule has 0 heterocycles. The molecule has 3 heteroatoms. The van der Waals surface area contributed by atoms with Crippen LogP contribution in [0.1, 0.15) is 34.1 Å². The van der Waals surface area contributed by atoms with E-state index < -0.39 is 9.84 Å². The third kappa shape index (κ3) is 5.31. The highest BCUT2D eigenvalue weighted by Crippen LogP contribution is 2.13. The highest BCUT2D eigenvalue weighted by molar-refractivity contribution is 7.91. The lowest BCUT2D eigenvalue weighted by Gasteiger charge is -2.05. The highest BCUT2D eigenvalue weighted by atomic mass is 32.2. The molecule has 0 aliphatic rings. The van der Waals surface area contributed by atoms with Gasteiger partial charge in [0.15, 0.2) is 9.84 Å². The molecule has 1 aromatic carbocycles. The topological polar surface area (TPSA) is 34.1 Å². The molecule has 0 saturated heterocycles. The molecule has 0 atom stereocenters. The second-order valence-electron chi connectivity index (χ2n) is 3.81. The fourth-order valence-electron chi connectivity index (χ4n) is 1.14. The van der Waals surface area contributed by atoms with E-state index in [4.69, 9.17) is 0 Å². The van der Waals surface area contributed by atoms with Crippen LogP contribution in [0.25, 0.3) is 0 Å². The number of sulfone groups is 1. The van der Waals surface area contributed by atoms with E-state index in [1.54, 1.807) is 24.3 Å². The summed E-state index contributed by atoms with van der Waals surface area (Å²) in [6, 6.07) is 8.62. The molecule has 0 radical (unpaired) electrons. The fourth-order valence-corrected chi connectivity index (χ4v) is 2.73. The molecule has 16 heavy (non-hydrogen) atoms. The van der Waals surface area contributed by atoms with Gasteiger partial charge in [0.05, 0.1) is 10.6 Å². The summed E-state index contributed by atoms with van der Waals surface area (Å²) in [7, 11) is -3.06. The zero-order valence-corrected chi connectivity index (χ0v) is 11.4. The van der Waals surface area contributed by atoms with Gasteiger partial charge in [-0.25, -0.2) is 8.42 Å². The van der Waals surface area contributed by atoms with Crippen molar-refractivity contribution >= 4 is 9.84 Å². The smallest absolute Gasteiger partial charge is 0.178 e. The lowest BCUT2D eigenvalue weighted by Crippen LogP contribution is -2.08. The van der Waals surface area contributed by atoms with Crippen molar-refractivity contribution in [2.75, 3.05) is 5.75 Å². The van der Waals surface area contributed by atoms with Crippen molar-refractivity contribution in [2.45, 2.75) is 39.0 Å². The Morgan fingerprint density at radius 2 is 1.56 bits per heavy atom. The normalized spacial score (nSPS) is 10.8. The van der Waals surface area contributed by atoms with Crippen LogP contribution < -0.4 is 0 Å². The Labute approximate surface area is 99.6 Å². The summed E-state index contributed by atoms with van der Waals surface area (Å²) >= 11 is 0. The molecule has 0 aliphatic heterocycles. The van der Waals surface area contributed by atoms with Crippen LogP contribution in [0.5, 0.6) is 0 Å². The molecule has 0 spiro atoms. The first kappa shape index (κ1) is 15.2. The zero-order chi connectivity index (χ0) is 12.6. The number of hydrogen-bond acceptors (Lipinski definition) is 2. The molecule has 0 aromatic heterocycles. The molecular formula is C13H22O2S. The van der Waals surface area contributed by atoms with Crippen LogP contribution in [-0.4, -0.2) is 14.2 Å². The molecule has 1 rings (SSSR count). The van der Waals surface area contributed by atoms with Gasteiger partial charge in [0.2, 0.25) is 0 Å². The Bertz CT molecular complexity index is 366. The van der Waals surface area contributed by atoms with Crippen LogP contribution in [-0.2, 0) is 9.84 Å². The van der Waals surface area contributed by atoms with E-state index in [1.807, 2.05) is 33.8 Å². The first-order valence-electron chi connectivity index (χ1n) is 5.80. The quantitative estimate of drug-likeness (QED) is 0.809. The maximum absolute atomic E-state index is 11.7. The van der Waals surface area contributed by atoms with Gasteiger partial charge < -0.3 is 0 Å². The molecule has 0 unspecified atom stereocenters. The third-order valence-corrected chi connectivity index (χ3v) is 3.83. The summed E-state index contributed by atoms with van der Waals surface area (Å²) in [4.78, 5) is 0.431.